The largest absolute Gasteiger partial charge is 0.573 e. The van der Waals surface area contributed by atoms with Gasteiger partial charge in [-0.1, -0.05) is 52.3 Å². The van der Waals surface area contributed by atoms with Crippen molar-refractivity contribution in [2.75, 3.05) is 0 Å². The van der Waals surface area contributed by atoms with Crippen LogP contribution < -0.4 is 4.74 Å². The van der Waals surface area contributed by atoms with Gasteiger partial charge in [-0.05, 0) is 17.7 Å². The highest BCUT2D eigenvalue weighted by Gasteiger charge is 2.32. The van der Waals surface area contributed by atoms with Crippen molar-refractivity contribution in [3.8, 4) is 5.75 Å². The van der Waals surface area contributed by atoms with Gasteiger partial charge in [0.15, 0.2) is 0 Å². The minimum absolute atomic E-state index is 0.0612. The molecule has 0 saturated heterocycles. The smallest absolute Gasteiger partial charge is 0.461 e. The number of rotatable bonds is 5. The van der Waals surface area contributed by atoms with Crippen LogP contribution in [-0.2, 0) is 22.6 Å². The Morgan fingerprint density at radius 2 is 1.78 bits per heavy atom. The van der Waals surface area contributed by atoms with Crippen molar-refractivity contribution in [3.63, 3.8) is 0 Å². The van der Waals surface area contributed by atoms with Gasteiger partial charge < -0.3 is 9.47 Å². The molecule has 0 radical (unpaired) electrons. The number of esters is 1. The van der Waals surface area contributed by atoms with Crippen LogP contribution in [0.4, 0.5) is 13.2 Å². The van der Waals surface area contributed by atoms with Crippen molar-refractivity contribution in [2.45, 2.75) is 19.4 Å². The van der Waals surface area contributed by atoms with E-state index in [9.17, 15) is 18.0 Å². The molecule has 0 heterocycles. The molecule has 2 aromatic rings. The Kier molecular flexibility index (Phi) is 5.65. The molecule has 2 aromatic carbocycles. The number of carbonyl (C=O) groups excluding carboxylic acids is 1. The average molecular weight is 389 g/mol. The van der Waals surface area contributed by atoms with Crippen molar-refractivity contribution in [1.29, 1.82) is 0 Å². The SMILES string of the molecule is O=C(Cc1ccc(Br)cc1OC(F)(F)F)OCc1ccccc1. The van der Waals surface area contributed by atoms with Crippen LogP contribution in [-0.4, -0.2) is 12.3 Å². The number of hydrogen-bond donors (Lipinski definition) is 0. The topological polar surface area (TPSA) is 35.5 Å². The van der Waals surface area contributed by atoms with E-state index in [1.165, 1.54) is 12.1 Å². The Hall–Kier alpha value is -2.02. The molecule has 0 aliphatic carbocycles. The lowest BCUT2D eigenvalue weighted by Gasteiger charge is -2.13. The van der Waals surface area contributed by atoms with Gasteiger partial charge in [-0.15, -0.1) is 13.2 Å². The second-order valence-electron chi connectivity index (χ2n) is 4.62. The van der Waals surface area contributed by atoms with Crippen molar-refractivity contribution >= 4 is 21.9 Å². The van der Waals surface area contributed by atoms with Crippen molar-refractivity contribution in [2.24, 2.45) is 0 Å². The average Bonchev–Trinajstić information content (AvgIpc) is 2.47. The Bertz CT molecular complexity index is 672. The molecular formula is C16H12BrF3O3. The van der Waals surface area contributed by atoms with Crippen LogP contribution in [0.15, 0.2) is 53.0 Å². The van der Waals surface area contributed by atoms with E-state index in [4.69, 9.17) is 4.74 Å². The van der Waals surface area contributed by atoms with E-state index in [1.807, 2.05) is 6.07 Å². The van der Waals surface area contributed by atoms with Crippen LogP contribution in [0.5, 0.6) is 5.75 Å². The highest BCUT2D eigenvalue weighted by Crippen LogP contribution is 2.29. The van der Waals surface area contributed by atoms with Gasteiger partial charge >= 0.3 is 12.3 Å². The van der Waals surface area contributed by atoms with E-state index in [0.717, 1.165) is 11.6 Å². The minimum Gasteiger partial charge on any atom is -0.461 e. The van der Waals surface area contributed by atoms with E-state index in [0.29, 0.717) is 4.47 Å². The predicted molar refractivity (Wildman–Crippen MR) is 80.8 cm³/mol. The van der Waals surface area contributed by atoms with Crippen molar-refractivity contribution in [3.05, 3.63) is 64.1 Å². The lowest BCUT2D eigenvalue weighted by Crippen LogP contribution is -2.19. The zero-order valence-electron chi connectivity index (χ0n) is 11.8. The van der Waals surface area contributed by atoms with Gasteiger partial charge in [-0.2, -0.15) is 0 Å². The number of carbonyl (C=O) groups is 1. The van der Waals surface area contributed by atoms with E-state index in [1.54, 1.807) is 24.3 Å². The fourth-order valence-electron chi connectivity index (χ4n) is 1.84. The van der Waals surface area contributed by atoms with E-state index in [2.05, 4.69) is 20.7 Å². The normalized spacial score (nSPS) is 11.1. The second-order valence-corrected chi connectivity index (χ2v) is 5.54. The summed E-state index contributed by atoms with van der Waals surface area (Å²) in [4.78, 5) is 11.8. The molecule has 0 aliphatic rings. The maximum Gasteiger partial charge on any atom is 0.573 e. The molecule has 7 heteroatoms. The third-order valence-electron chi connectivity index (χ3n) is 2.83. The quantitative estimate of drug-likeness (QED) is 0.700. The molecule has 2 rings (SSSR count). The molecule has 3 nitrogen and oxygen atoms in total. The van der Waals surface area contributed by atoms with Gasteiger partial charge in [0.25, 0.3) is 0 Å². The third kappa shape index (κ3) is 5.94. The molecule has 0 bridgehead atoms. The summed E-state index contributed by atoms with van der Waals surface area (Å²) in [7, 11) is 0. The summed E-state index contributed by atoms with van der Waals surface area (Å²) >= 11 is 3.07. The van der Waals surface area contributed by atoms with Gasteiger partial charge in [-0.3, -0.25) is 4.79 Å². The zero-order valence-corrected chi connectivity index (χ0v) is 13.4. The lowest BCUT2D eigenvalue weighted by molar-refractivity contribution is -0.275. The van der Waals surface area contributed by atoms with E-state index < -0.39 is 18.1 Å². The summed E-state index contributed by atoms with van der Waals surface area (Å²) in [6.45, 7) is 0.0612. The first-order valence-corrected chi connectivity index (χ1v) is 7.36. The molecule has 122 valence electrons. The van der Waals surface area contributed by atoms with E-state index in [-0.39, 0.29) is 18.6 Å². The molecule has 0 saturated carbocycles. The van der Waals surface area contributed by atoms with Gasteiger partial charge in [-0.25, -0.2) is 0 Å². The molecule has 23 heavy (non-hydrogen) atoms. The first kappa shape index (κ1) is 17.3. The summed E-state index contributed by atoms with van der Waals surface area (Å²) in [5, 5.41) is 0. The fourth-order valence-corrected chi connectivity index (χ4v) is 2.18. The number of alkyl halides is 3. The molecule has 0 fully saturated rings. The van der Waals surface area contributed by atoms with Crippen molar-refractivity contribution < 1.29 is 27.4 Å². The van der Waals surface area contributed by atoms with Crippen LogP contribution in [0.25, 0.3) is 0 Å². The van der Waals surface area contributed by atoms with E-state index >= 15 is 0 Å². The highest BCUT2D eigenvalue weighted by atomic mass is 79.9. The van der Waals surface area contributed by atoms with Crippen molar-refractivity contribution in [1.82, 2.24) is 0 Å². The van der Waals surface area contributed by atoms with Crippen LogP contribution in [0.2, 0.25) is 0 Å². The number of benzene rings is 2. The van der Waals surface area contributed by atoms with Crippen LogP contribution in [0.1, 0.15) is 11.1 Å². The molecular weight excluding hydrogens is 377 g/mol. The van der Waals surface area contributed by atoms with Crippen LogP contribution in [0, 0.1) is 0 Å². The number of halogens is 4. The molecule has 0 aliphatic heterocycles. The van der Waals surface area contributed by atoms with Gasteiger partial charge in [0, 0.05) is 10.0 Å². The monoisotopic (exact) mass is 388 g/mol. The Morgan fingerprint density at radius 3 is 2.43 bits per heavy atom. The Balaban J connectivity index is 2.02. The molecule has 0 aromatic heterocycles. The van der Waals surface area contributed by atoms with Gasteiger partial charge in [0.1, 0.15) is 12.4 Å². The van der Waals surface area contributed by atoms with Gasteiger partial charge in [0.2, 0.25) is 0 Å². The Morgan fingerprint density at radius 1 is 1.09 bits per heavy atom. The highest BCUT2D eigenvalue weighted by molar-refractivity contribution is 9.10. The number of ether oxygens (including phenoxy) is 2. The minimum atomic E-state index is -4.83. The molecule has 0 amide bonds. The zero-order chi connectivity index (χ0) is 16.9. The molecule has 0 unspecified atom stereocenters. The molecule has 0 N–H and O–H groups in total. The first-order valence-electron chi connectivity index (χ1n) is 6.57. The fraction of sp³-hybridized carbons (Fsp3) is 0.188. The van der Waals surface area contributed by atoms with Crippen LogP contribution >= 0.6 is 15.9 Å². The summed E-state index contributed by atoms with van der Waals surface area (Å²) in [5.74, 6) is -1.06. The summed E-state index contributed by atoms with van der Waals surface area (Å²) < 4.78 is 46.6. The maximum atomic E-state index is 12.4. The summed E-state index contributed by atoms with van der Waals surface area (Å²) in [6, 6.07) is 13.1. The third-order valence-corrected chi connectivity index (χ3v) is 3.33. The predicted octanol–water partition coefficient (Wildman–Crippen LogP) is 4.63. The lowest BCUT2D eigenvalue weighted by atomic mass is 10.1. The molecule has 0 atom stereocenters. The van der Waals surface area contributed by atoms with Crippen LogP contribution in [0.3, 0.4) is 0 Å². The maximum absolute atomic E-state index is 12.4. The standard InChI is InChI=1S/C16H12BrF3O3/c17-13-7-6-12(14(9-13)23-16(18,19)20)8-15(21)22-10-11-4-2-1-3-5-11/h1-7,9H,8,10H2. The summed E-state index contributed by atoms with van der Waals surface area (Å²) in [6.07, 6.45) is -5.14. The first-order chi connectivity index (χ1) is 10.8. The van der Waals surface area contributed by atoms with Gasteiger partial charge in [0.05, 0.1) is 6.42 Å². The number of hydrogen-bond acceptors (Lipinski definition) is 3. The second kappa shape index (κ2) is 7.50. The Labute approximate surface area is 139 Å². The molecule has 0 spiro atoms. The summed E-state index contributed by atoms with van der Waals surface area (Å²) in [5.41, 5.74) is 0.895.